The Bertz CT molecular complexity index is 234. The second-order valence-electron chi connectivity index (χ2n) is 2.11. The van der Waals surface area contributed by atoms with Gasteiger partial charge in [-0.1, -0.05) is 25.2 Å². The summed E-state index contributed by atoms with van der Waals surface area (Å²) in [5, 5.41) is 0. The van der Waals surface area contributed by atoms with Crippen LogP contribution in [0.5, 0.6) is 0 Å². The zero-order chi connectivity index (χ0) is 7.94. The van der Waals surface area contributed by atoms with E-state index in [9.17, 15) is 0 Å². The lowest BCUT2D eigenvalue weighted by molar-refractivity contribution is 0.557. The number of rotatable bonds is 3. The quantitative estimate of drug-likeness (QED) is 0.617. The fourth-order valence-corrected chi connectivity index (χ4v) is 0.673. The fourth-order valence-electron chi connectivity index (χ4n) is 0.673. The second kappa shape index (κ2) is 4.50. The van der Waals surface area contributed by atoms with Gasteiger partial charge in [-0.25, -0.2) is 4.98 Å². The molecule has 58 valence electrons. The van der Waals surface area contributed by atoms with E-state index in [-0.39, 0.29) is 0 Å². The first kappa shape index (κ1) is 7.79. The summed E-state index contributed by atoms with van der Waals surface area (Å²) in [5.74, 6) is 0. The molecule has 0 spiro atoms. The maximum Gasteiger partial charge on any atom is 0.181 e. The molecule has 0 aliphatic heterocycles. The topological polar surface area (TPSA) is 26.0 Å². The molecule has 0 fully saturated rings. The van der Waals surface area contributed by atoms with Crippen molar-refractivity contribution in [2.75, 3.05) is 0 Å². The Hall–Kier alpha value is -1.31. The minimum absolute atomic E-state index is 0.853. The molecule has 1 heterocycles. The van der Waals surface area contributed by atoms with E-state index in [1.807, 2.05) is 18.2 Å². The monoisotopic (exact) mass is 149 g/mol. The molecular weight excluding hydrogens is 138 g/mol. The summed E-state index contributed by atoms with van der Waals surface area (Å²) >= 11 is 0. The van der Waals surface area contributed by atoms with Gasteiger partial charge in [-0.05, 0) is 12.5 Å². The molecule has 0 amide bonds. The third-order valence-electron chi connectivity index (χ3n) is 1.20. The highest BCUT2D eigenvalue weighted by Crippen LogP contribution is 1.97. The first-order chi connectivity index (χ1) is 5.43. The van der Waals surface area contributed by atoms with Gasteiger partial charge < -0.3 is 4.42 Å². The van der Waals surface area contributed by atoms with Crippen LogP contribution in [0.3, 0.4) is 0 Å². The van der Waals surface area contributed by atoms with E-state index in [1.165, 1.54) is 6.39 Å². The van der Waals surface area contributed by atoms with E-state index in [4.69, 9.17) is 4.42 Å². The van der Waals surface area contributed by atoms with Crippen molar-refractivity contribution in [2.45, 2.75) is 13.3 Å². The Labute approximate surface area is 66.3 Å². The molecule has 11 heavy (non-hydrogen) atoms. The van der Waals surface area contributed by atoms with Crippen LogP contribution in [0.1, 0.15) is 19.0 Å². The highest BCUT2D eigenvalue weighted by Gasteiger charge is 1.84. The van der Waals surface area contributed by atoms with Crippen molar-refractivity contribution in [3.63, 3.8) is 0 Å². The lowest BCUT2D eigenvalue weighted by atomic mass is 10.3. The lowest BCUT2D eigenvalue weighted by Gasteiger charge is -1.76. The average molecular weight is 149 g/mol. The largest absolute Gasteiger partial charge is 0.451 e. The van der Waals surface area contributed by atoms with Gasteiger partial charge in [0.1, 0.15) is 12.0 Å². The summed E-state index contributed by atoms with van der Waals surface area (Å²) in [6.45, 7) is 2.10. The van der Waals surface area contributed by atoms with Crippen LogP contribution in [-0.4, -0.2) is 4.98 Å². The predicted octanol–water partition coefficient (Wildman–Crippen LogP) is 2.65. The van der Waals surface area contributed by atoms with Gasteiger partial charge >= 0.3 is 0 Å². The van der Waals surface area contributed by atoms with Crippen LogP contribution in [0.2, 0.25) is 0 Å². The lowest BCUT2D eigenvalue weighted by Crippen LogP contribution is -1.64. The molecule has 1 rings (SSSR count). The molecule has 0 N–H and O–H groups in total. The summed E-state index contributed by atoms with van der Waals surface area (Å²) < 4.78 is 4.79. The number of allylic oxidation sites excluding steroid dienone is 3. The standard InChI is InChI=1S/C9H11NO/c1-2-3-4-5-6-9-7-11-8-10-9/h3-8H,2H2,1H3/b4-3-,6-5+. The van der Waals surface area contributed by atoms with Crippen molar-refractivity contribution in [3.05, 3.63) is 36.6 Å². The molecule has 0 bridgehead atoms. The molecule has 0 aliphatic carbocycles. The highest BCUT2D eigenvalue weighted by atomic mass is 16.3. The van der Waals surface area contributed by atoms with Gasteiger partial charge in [0.25, 0.3) is 0 Å². The van der Waals surface area contributed by atoms with Crippen molar-refractivity contribution >= 4 is 6.08 Å². The summed E-state index contributed by atoms with van der Waals surface area (Å²) in [6, 6.07) is 0. The van der Waals surface area contributed by atoms with Gasteiger partial charge in [0.2, 0.25) is 0 Å². The van der Waals surface area contributed by atoms with Crippen LogP contribution in [-0.2, 0) is 0 Å². The smallest absolute Gasteiger partial charge is 0.181 e. The molecule has 0 radical (unpaired) electrons. The molecule has 1 aromatic heterocycles. The molecular formula is C9H11NO. The van der Waals surface area contributed by atoms with E-state index >= 15 is 0 Å². The van der Waals surface area contributed by atoms with E-state index in [0.717, 1.165) is 12.1 Å². The zero-order valence-electron chi connectivity index (χ0n) is 6.53. The first-order valence-corrected chi connectivity index (χ1v) is 3.65. The predicted molar refractivity (Wildman–Crippen MR) is 45.0 cm³/mol. The summed E-state index contributed by atoms with van der Waals surface area (Å²) in [5.41, 5.74) is 0.853. The van der Waals surface area contributed by atoms with Gasteiger partial charge in [0.15, 0.2) is 6.39 Å². The number of nitrogens with zero attached hydrogens (tertiary/aromatic N) is 1. The Kier molecular flexibility index (Phi) is 3.19. The molecule has 0 atom stereocenters. The Balaban J connectivity index is 2.43. The van der Waals surface area contributed by atoms with Crippen LogP contribution in [0.25, 0.3) is 6.08 Å². The van der Waals surface area contributed by atoms with Crippen LogP contribution in [0, 0.1) is 0 Å². The van der Waals surface area contributed by atoms with E-state index < -0.39 is 0 Å². The molecule has 0 unspecified atom stereocenters. The van der Waals surface area contributed by atoms with Crippen molar-refractivity contribution in [1.29, 1.82) is 0 Å². The highest BCUT2D eigenvalue weighted by molar-refractivity contribution is 5.44. The van der Waals surface area contributed by atoms with Crippen molar-refractivity contribution in [3.8, 4) is 0 Å². The van der Waals surface area contributed by atoms with E-state index in [2.05, 4.69) is 18.0 Å². The third kappa shape index (κ3) is 2.85. The minimum atomic E-state index is 0.853. The van der Waals surface area contributed by atoms with Crippen LogP contribution >= 0.6 is 0 Å². The summed E-state index contributed by atoms with van der Waals surface area (Å²) in [7, 11) is 0. The van der Waals surface area contributed by atoms with Crippen LogP contribution in [0.4, 0.5) is 0 Å². The minimum Gasteiger partial charge on any atom is -0.451 e. The number of aromatic nitrogens is 1. The molecule has 0 saturated heterocycles. The van der Waals surface area contributed by atoms with Crippen molar-refractivity contribution in [1.82, 2.24) is 4.98 Å². The molecule has 0 saturated carbocycles. The van der Waals surface area contributed by atoms with Crippen molar-refractivity contribution < 1.29 is 4.42 Å². The Morgan fingerprint density at radius 3 is 3.09 bits per heavy atom. The Morgan fingerprint density at radius 1 is 1.55 bits per heavy atom. The maximum atomic E-state index is 4.79. The zero-order valence-corrected chi connectivity index (χ0v) is 6.53. The van der Waals surface area contributed by atoms with Crippen LogP contribution < -0.4 is 0 Å². The molecule has 1 aromatic rings. The average Bonchev–Trinajstić information content (AvgIpc) is 2.50. The number of hydrogen-bond donors (Lipinski definition) is 0. The molecule has 2 heteroatoms. The van der Waals surface area contributed by atoms with Gasteiger partial charge in [-0.2, -0.15) is 0 Å². The van der Waals surface area contributed by atoms with Gasteiger partial charge in [-0.15, -0.1) is 0 Å². The second-order valence-corrected chi connectivity index (χ2v) is 2.11. The normalized spacial score (nSPS) is 11.7. The molecule has 2 nitrogen and oxygen atoms in total. The van der Waals surface area contributed by atoms with Gasteiger partial charge in [-0.3, -0.25) is 0 Å². The van der Waals surface area contributed by atoms with E-state index in [0.29, 0.717) is 0 Å². The van der Waals surface area contributed by atoms with Gasteiger partial charge in [0.05, 0.1) is 0 Å². The molecule has 0 aliphatic rings. The third-order valence-corrected chi connectivity index (χ3v) is 1.20. The summed E-state index contributed by atoms with van der Waals surface area (Å²) in [6.07, 6.45) is 12.0. The number of hydrogen-bond acceptors (Lipinski definition) is 2. The van der Waals surface area contributed by atoms with E-state index in [1.54, 1.807) is 6.26 Å². The molecule has 0 aromatic carbocycles. The van der Waals surface area contributed by atoms with Crippen molar-refractivity contribution in [2.24, 2.45) is 0 Å². The fraction of sp³-hybridized carbons (Fsp3) is 0.222. The summed E-state index contributed by atoms with van der Waals surface area (Å²) in [4.78, 5) is 3.93. The van der Waals surface area contributed by atoms with Gasteiger partial charge in [0, 0.05) is 0 Å². The Morgan fingerprint density at radius 2 is 2.45 bits per heavy atom. The number of oxazole rings is 1. The first-order valence-electron chi connectivity index (χ1n) is 3.65. The SMILES string of the molecule is CC/C=C\C=C\c1cocn1. The van der Waals surface area contributed by atoms with Crippen LogP contribution in [0.15, 0.2) is 35.3 Å². The maximum absolute atomic E-state index is 4.79.